The molecule has 5 nitrogen and oxygen atoms in total. The van der Waals surface area contributed by atoms with Gasteiger partial charge in [0.1, 0.15) is 11.8 Å². The van der Waals surface area contributed by atoms with Gasteiger partial charge in [-0.3, -0.25) is 9.59 Å². The van der Waals surface area contributed by atoms with Crippen molar-refractivity contribution in [2.24, 2.45) is 0 Å². The van der Waals surface area contributed by atoms with E-state index in [1.165, 1.54) is 11.8 Å². The van der Waals surface area contributed by atoms with E-state index in [4.69, 9.17) is 4.74 Å². The molecule has 1 atom stereocenters. The summed E-state index contributed by atoms with van der Waals surface area (Å²) in [5.41, 5.74) is 0.582. The number of ether oxygens (including phenoxy) is 1. The van der Waals surface area contributed by atoms with Crippen molar-refractivity contribution in [1.82, 2.24) is 10.2 Å². The highest BCUT2D eigenvalue weighted by Crippen LogP contribution is 2.20. The van der Waals surface area contributed by atoms with Crippen LogP contribution in [0, 0.1) is 0 Å². The zero-order chi connectivity index (χ0) is 21.4. The van der Waals surface area contributed by atoms with E-state index in [0.29, 0.717) is 6.54 Å². The summed E-state index contributed by atoms with van der Waals surface area (Å²) >= 11 is 1.47. The molecule has 0 aromatic heterocycles. The van der Waals surface area contributed by atoms with E-state index in [1.54, 1.807) is 18.9 Å². The van der Waals surface area contributed by atoms with Crippen LogP contribution in [0.15, 0.2) is 59.5 Å². The van der Waals surface area contributed by atoms with Crippen molar-refractivity contribution >= 4 is 23.6 Å². The number of benzene rings is 2. The van der Waals surface area contributed by atoms with Crippen LogP contribution in [0.25, 0.3) is 0 Å². The maximum Gasteiger partial charge on any atom is 0.242 e. The summed E-state index contributed by atoms with van der Waals surface area (Å²) in [7, 11) is 1.62. The van der Waals surface area contributed by atoms with E-state index in [0.717, 1.165) is 16.2 Å². The largest absolute Gasteiger partial charge is 0.497 e. The number of hydrogen-bond donors (Lipinski definition) is 1. The lowest BCUT2D eigenvalue weighted by molar-refractivity contribution is -0.139. The molecule has 0 saturated carbocycles. The van der Waals surface area contributed by atoms with Crippen LogP contribution in [0.5, 0.6) is 5.75 Å². The molecule has 0 bridgehead atoms. The highest BCUT2D eigenvalue weighted by molar-refractivity contribution is 8.00. The van der Waals surface area contributed by atoms with E-state index >= 15 is 0 Å². The highest BCUT2D eigenvalue weighted by Gasteiger charge is 2.28. The van der Waals surface area contributed by atoms with E-state index in [1.807, 2.05) is 75.4 Å². The normalized spacial score (nSPS) is 12.2. The first-order valence-corrected chi connectivity index (χ1v) is 10.6. The number of carbonyl (C=O) groups is 2. The Bertz CT molecular complexity index is 801. The Kier molecular flexibility index (Phi) is 8.14. The van der Waals surface area contributed by atoms with Crippen LogP contribution >= 0.6 is 11.8 Å². The van der Waals surface area contributed by atoms with Gasteiger partial charge >= 0.3 is 0 Å². The van der Waals surface area contributed by atoms with Crippen LogP contribution in [0.4, 0.5) is 0 Å². The molecule has 0 heterocycles. The summed E-state index contributed by atoms with van der Waals surface area (Å²) < 4.78 is 5.20. The molecule has 2 aromatic carbocycles. The van der Waals surface area contributed by atoms with Gasteiger partial charge in [-0.25, -0.2) is 0 Å². The minimum atomic E-state index is -0.583. The SMILES string of the molecule is COc1ccc(CN(C(=O)CSc2ccccc2)C(C)C(=O)NC(C)(C)C)cc1. The third-order valence-electron chi connectivity index (χ3n) is 4.28. The second-order valence-electron chi connectivity index (χ2n) is 7.89. The second kappa shape index (κ2) is 10.3. The molecule has 0 radical (unpaired) electrons. The van der Waals surface area contributed by atoms with Crippen molar-refractivity contribution in [1.29, 1.82) is 0 Å². The van der Waals surface area contributed by atoms with Crippen LogP contribution in [0.3, 0.4) is 0 Å². The molecule has 2 rings (SSSR count). The van der Waals surface area contributed by atoms with Crippen LogP contribution in [0.1, 0.15) is 33.3 Å². The molecular formula is C23H30N2O3S. The minimum absolute atomic E-state index is 0.0776. The highest BCUT2D eigenvalue weighted by atomic mass is 32.2. The Balaban J connectivity index is 2.16. The molecular weight excluding hydrogens is 384 g/mol. The topological polar surface area (TPSA) is 58.6 Å². The van der Waals surface area contributed by atoms with Gasteiger partial charge in [-0.05, 0) is 57.5 Å². The number of thioether (sulfide) groups is 1. The molecule has 29 heavy (non-hydrogen) atoms. The Labute approximate surface area is 177 Å². The number of nitrogens with one attached hydrogen (secondary N) is 1. The van der Waals surface area contributed by atoms with E-state index in [-0.39, 0.29) is 23.1 Å². The maximum absolute atomic E-state index is 13.1. The zero-order valence-electron chi connectivity index (χ0n) is 17.8. The van der Waals surface area contributed by atoms with Crippen molar-refractivity contribution in [3.8, 4) is 5.75 Å². The van der Waals surface area contributed by atoms with Gasteiger partial charge in [0, 0.05) is 17.0 Å². The molecule has 0 spiro atoms. The molecule has 0 aliphatic carbocycles. The Morgan fingerprint density at radius 3 is 2.24 bits per heavy atom. The lowest BCUT2D eigenvalue weighted by Gasteiger charge is -2.31. The predicted molar refractivity (Wildman–Crippen MR) is 118 cm³/mol. The van der Waals surface area contributed by atoms with Crippen LogP contribution in [0.2, 0.25) is 0 Å². The van der Waals surface area contributed by atoms with Crippen molar-refractivity contribution in [3.63, 3.8) is 0 Å². The quantitative estimate of drug-likeness (QED) is 0.660. The van der Waals surface area contributed by atoms with Gasteiger partial charge in [0.15, 0.2) is 0 Å². The van der Waals surface area contributed by atoms with Crippen molar-refractivity contribution in [2.45, 2.75) is 50.7 Å². The van der Waals surface area contributed by atoms with Gasteiger partial charge in [-0.15, -0.1) is 11.8 Å². The number of carbonyl (C=O) groups excluding carboxylic acids is 2. The molecule has 2 aromatic rings. The summed E-state index contributed by atoms with van der Waals surface area (Å²) in [6.45, 7) is 7.92. The first-order chi connectivity index (χ1) is 13.7. The number of hydrogen-bond acceptors (Lipinski definition) is 4. The number of methoxy groups -OCH3 is 1. The molecule has 1 unspecified atom stereocenters. The van der Waals surface area contributed by atoms with Gasteiger partial charge < -0.3 is 15.0 Å². The van der Waals surface area contributed by atoms with E-state index in [9.17, 15) is 9.59 Å². The van der Waals surface area contributed by atoms with Gasteiger partial charge in [0.2, 0.25) is 11.8 Å². The molecule has 156 valence electrons. The Morgan fingerprint density at radius 1 is 1.07 bits per heavy atom. The smallest absolute Gasteiger partial charge is 0.242 e. The molecule has 0 aliphatic rings. The van der Waals surface area contributed by atoms with E-state index in [2.05, 4.69) is 5.32 Å². The summed E-state index contributed by atoms with van der Waals surface area (Å²) in [6, 6.07) is 16.7. The fraction of sp³-hybridized carbons (Fsp3) is 0.391. The average molecular weight is 415 g/mol. The van der Waals surface area contributed by atoms with E-state index < -0.39 is 6.04 Å². The number of amides is 2. The van der Waals surface area contributed by atoms with Crippen LogP contribution in [-0.2, 0) is 16.1 Å². The number of nitrogens with zero attached hydrogens (tertiary/aromatic N) is 1. The van der Waals surface area contributed by atoms with Crippen molar-refractivity contribution in [3.05, 3.63) is 60.2 Å². The molecule has 6 heteroatoms. The summed E-state index contributed by atoms with van der Waals surface area (Å²) in [6.07, 6.45) is 0. The van der Waals surface area contributed by atoms with Crippen LogP contribution < -0.4 is 10.1 Å². The minimum Gasteiger partial charge on any atom is -0.497 e. The van der Waals surface area contributed by atoms with Crippen molar-refractivity contribution < 1.29 is 14.3 Å². The summed E-state index contributed by atoms with van der Waals surface area (Å²) in [5.74, 6) is 0.785. The number of rotatable bonds is 8. The standard InChI is InChI=1S/C23H30N2O3S/c1-17(22(27)24-23(2,3)4)25(15-18-11-13-19(28-5)14-12-18)21(26)16-29-20-9-7-6-8-10-20/h6-14,17H,15-16H2,1-5H3,(H,24,27). The first kappa shape index (κ1) is 22.8. The Hall–Kier alpha value is -2.47. The van der Waals surface area contributed by atoms with Gasteiger partial charge in [-0.1, -0.05) is 30.3 Å². The fourth-order valence-electron chi connectivity index (χ4n) is 2.73. The summed E-state index contributed by atoms with van der Waals surface area (Å²) in [4.78, 5) is 28.5. The lowest BCUT2D eigenvalue weighted by atomic mass is 10.1. The molecule has 0 saturated heterocycles. The maximum atomic E-state index is 13.1. The Morgan fingerprint density at radius 2 is 1.69 bits per heavy atom. The third-order valence-corrected chi connectivity index (χ3v) is 5.28. The molecule has 1 N–H and O–H groups in total. The monoisotopic (exact) mass is 414 g/mol. The third kappa shape index (κ3) is 7.46. The molecule has 0 fully saturated rings. The first-order valence-electron chi connectivity index (χ1n) is 9.62. The van der Waals surface area contributed by atoms with Crippen LogP contribution in [-0.4, -0.2) is 41.2 Å². The molecule has 2 amide bonds. The van der Waals surface area contributed by atoms with Gasteiger partial charge in [0.25, 0.3) is 0 Å². The zero-order valence-corrected chi connectivity index (χ0v) is 18.6. The fourth-order valence-corrected chi connectivity index (χ4v) is 3.53. The van der Waals surface area contributed by atoms with Gasteiger partial charge in [0.05, 0.1) is 12.9 Å². The molecule has 0 aliphatic heterocycles. The average Bonchev–Trinajstić information content (AvgIpc) is 2.69. The lowest BCUT2D eigenvalue weighted by Crippen LogP contribution is -2.52. The second-order valence-corrected chi connectivity index (χ2v) is 8.94. The summed E-state index contributed by atoms with van der Waals surface area (Å²) in [5, 5.41) is 2.97. The van der Waals surface area contributed by atoms with Gasteiger partial charge in [-0.2, -0.15) is 0 Å². The predicted octanol–water partition coefficient (Wildman–Crippen LogP) is 4.12. The van der Waals surface area contributed by atoms with Crippen molar-refractivity contribution in [2.75, 3.05) is 12.9 Å².